The number of ether oxygens (including phenoxy) is 1. The molecule has 1 aromatic rings. The zero-order valence-electron chi connectivity index (χ0n) is 15.1. The lowest BCUT2D eigenvalue weighted by molar-refractivity contribution is -0.138. The molecule has 2 amide bonds. The van der Waals surface area contributed by atoms with Gasteiger partial charge in [-0.1, -0.05) is 24.3 Å². The van der Waals surface area contributed by atoms with Crippen LogP contribution in [0, 0.1) is 0 Å². The van der Waals surface area contributed by atoms with Crippen molar-refractivity contribution in [2.75, 3.05) is 39.3 Å². The van der Waals surface area contributed by atoms with Gasteiger partial charge in [-0.25, -0.2) is 4.79 Å². The molecule has 0 bridgehead atoms. The Bertz CT molecular complexity index is 626. The van der Waals surface area contributed by atoms with Gasteiger partial charge >= 0.3 is 6.09 Å². The maximum Gasteiger partial charge on any atom is 0.409 e. The normalized spacial score (nSPS) is 19.3. The first-order valence-electron chi connectivity index (χ1n) is 9.11. The molecule has 1 fully saturated rings. The Labute approximate surface area is 149 Å². The van der Waals surface area contributed by atoms with Gasteiger partial charge in [0.05, 0.1) is 12.6 Å². The molecule has 25 heavy (non-hydrogen) atoms. The van der Waals surface area contributed by atoms with Crippen molar-refractivity contribution in [3.8, 4) is 0 Å². The Morgan fingerprint density at radius 2 is 1.68 bits per heavy atom. The summed E-state index contributed by atoms with van der Waals surface area (Å²) in [5.41, 5.74) is 2.71. The first-order chi connectivity index (χ1) is 12.1. The molecule has 1 atom stereocenters. The van der Waals surface area contributed by atoms with Crippen LogP contribution in [0.15, 0.2) is 24.3 Å². The maximum atomic E-state index is 12.9. The summed E-state index contributed by atoms with van der Waals surface area (Å²) in [7, 11) is 0. The first-order valence-corrected chi connectivity index (χ1v) is 9.11. The molecule has 6 nitrogen and oxygen atoms in total. The number of fused-ring (bicyclic) bond motifs is 1. The summed E-state index contributed by atoms with van der Waals surface area (Å²) in [5, 5.41) is 0. The molecule has 1 aromatic carbocycles. The lowest BCUT2D eigenvalue weighted by Gasteiger charge is -2.39. The second kappa shape index (κ2) is 7.87. The molecule has 6 heteroatoms. The monoisotopic (exact) mass is 345 g/mol. The molecule has 0 radical (unpaired) electrons. The van der Waals surface area contributed by atoms with Crippen LogP contribution < -0.4 is 0 Å². The molecule has 0 aliphatic carbocycles. The topological polar surface area (TPSA) is 53.1 Å². The number of carbonyl (C=O) groups excluding carboxylic acids is 2. The van der Waals surface area contributed by atoms with E-state index in [2.05, 4.69) is 29.2 Å². The summed E-state index contributed by atoms with van der Waals surface area (Å²) >= 11 is 0. The number of rotatable bonds is 3. The van der Waals surface area contributed by atoms with Crippen molar-refractivity contribution in [1.29, 1.82) is 0 Å². The van der Waals surface area contributed by atoms with E-state index in [1.54, 1.807) is 11.8 Å². The quantitative estimate of drug-likeness (QED) is 0.837. The van der Waals surface area contributed by atoms with Crippen molar-refractivity contribution in [2.24, 2.45) is 0 Å². The Morgan fingerprint density at radius 1 is 1.04 bits per heavy atom. The van der Waals surface area contributed by atoms with Crippen molar-refractivity contribution in [3.63, 3.8) is 0 Å². The summed E-state index contributed by atoms with van der Waals surface area (Å²) in [6.07, 6.45) is 0.708. The van der Waals surface area contributed by atoms with E-state index in [4.69, 9.17) is 4.74 Å². The van der Waals surface area contributed by atoms with Crippen molar-refractivity contribution in [3.05, 3.63) is 35.4 Å². The van der Waals surface area contributed by atoms with Gasteiger partial charge in [0.15, 0.2) is 0 Å². The number of nitrogens with zero attached hydrogens (tertiary/aromatic N) is 3. The molecule has 2 heterocycles. The van der Waals surface area contributed by atoms with Crippen molar-refractivity contribution >= 4 is 12.0 Å². The van der Waals surface area contributed by atoms with Crippen molar-refractivity contribution in [1.82, 2.24) is 14.7 Å². The van der Waals surface area contributed by atoms with E-state index in [0.717, 1.165) is 19.5 Å². The fourth-order valence-electron chi connectivity index (χ4n) is 3.59. The van der Waals surface area contributed by atoms with Crippen LogP contribution in [-0.2, 0) is 22.5 Å². The maximum absolute atomic E-state index is 12.9. The van der Waals surface area contributed by atoms with Gasteiger partial charge < -0.3 is 14.5 Å². The summed E-state index contributed by atoms with van der Waals surface area (Å²) in [5.74, 6) is 0.155. The lowest BCUT2D eigenvalue weighted by atomic mass is 9.98. The highest BCUT2D eigenvalue weighted by atomic mass is 16.6. The average Bonchev–Trinajstić information content (AvgIpc) is 2.66. The van der Waals surface area contributed by atoms with Crippen LogP contribution in [0.1, 0.15) is 25.0 Å². The van der Waals surface area contributed by atoms with Crippen LogP contribution in [0.2, 0.25) is 0 Å². The van der Waals surface area contributed by atoms with E-state index in [1.165, 1.54) is 11.1 Å². The van der Waals surface area contributed by atoms with Gasteiger partial charge in [-0.15, -0.1) is 0 Å². The molecule has 0 aromatic heterocycles. The fraction of sp³-hybridized carbons (Fsp3) is 0.579. The van der Waals surface area contributed by atoms with Gasteiger partial charge in [-0.3, -0.25) is 9.69 Å². The molecule has 0 N–H and O–H groups in total. The van der Waals surface area contributed by atoms with E-state index in [1.807, 2.05) is 11.8 Å². The Morgan fingerprint density at radius 3 is 2.36 bits per heavy atom. The van der Waals surface area contributed by atoms with E-state index >= 15 is 0 Å². The second-order valence-corrected chi connectivity index (χ2v) is 6.68. The minimum absolute atomic E-state index is 0.137. The van der Waals surface area contributed by atoms with E-state index < -0.39 is 0 Å². The van der Waals surface area contributed by atoms with E-state index in [0.29, 0.717) is 32.8 Å². The summed E-state index contributed by atoms with van der Waals surface area (Å²) in [4.78, 5) is 30.4. The van der Waals surface area contributed by atoms with E-state index in [9.17, 15) is 9.59 Å². The van der Waals surface area contributed by atoms with Crippen molar-refractivity contribution in [2.45, 2.75) is 32.9 Å². The SMILES string of the molecule is CCOC(=O)N1CCN(C(=O)C(C)N2CCc3ccccc3C2)CC1. The van der Waals surface area contributed by atoms with Gasteiger partial charge in [-0.05, 0) is 31.4 Å². The molecular formula is C19H27N3O3. The van der Waals surface area contributed by atoms with Crippen LogP contribution >= 0.6 is 0 Å². The number of hydrogen-bond acceptors (Lipinski definition) is 4. The standard InChI is InChI=1S/C19H27N3O3/c1-3-25-19(24)21-12-10-20(11-13-21)18(23)15(2)22-9-8-16-6-4-5-7-17(16)14-22/h4-7,15H,3,8-14H2,1-2H3. The van der Waals surface area contributed by atoms with E-state index in [-0.39, 0.29) is 18.0 Å². The van der Waals surface area contributed by atoms with Crippen LogP contribution in [0.25, 0.3) is 0 Å². The molecule has 0 saturated carbocycles. The zero-order chi connectivity index (χ0) is 17.8. The minimum atomic E-state index is -0.282. The molecular weight excluding hydrogens is 318 g/mol. The highest BCUT2D eigenvalue weighted by Crippen LogP contribution is 2.21. The van der Waals surface area contributed by atoms with Crippen LogP contribution in [0.3, 0.4) is 0 Å². The zero-order valence-corrected chi connectivity index (χ0v) is 15.1. The Balaban J connectivity index is 1.54. The predicted molar refractivity (Wildman–Crippen MR) is 95.2 cm³/mol. The highest BCUT2D eigenvalue weighted by Gasteiger charge is 2.31. The molecule has 2 aliphatic rings. The second-order valence-electron chi connectivity index (χ2n) is 6.68. The van der Waals surface area contributed by atoms with Gasteiger partial charge in [0.2, 0.25) is 5.91 Å². The Kier molecular flexibility index (Phi) is 5.58. The average molecular weight is 345 g/mol. The largest absolute Gasteiger partial charge is 0.450 e. The number of carbonyl (C=O) groups is 2. The molecule has 2 aliphatic heterocycles. The minimum Gasteiger partial charge on any atom is -0.450 e. The van der Waals surface area contributed by atoms with Gasteiger partial charge in [-0.2, -0.15) is 0 Å². The summed E-state index contributed by atoms with van der Waals surface area (Å²) in [6.45, 7) is 8.15. The molecule has 136 valence electrons. The smallest absolute Gasteiger partial charge is 0.409 e. The highest BCUT2D eigenvalue weighted by molar-refractivity contribution is 5.82. The Hall–Kier alpha value is -2.08. The number of benzene rings is 1. The third kappa shape index (κ3) is 3.95. The molecule has 0 spiro atoms. The third-order valence-corrected chi connectivity index (χ3v) is 5.18. The van der Waals surface area contributed by atoms with Gasteiger partial charge in [0.1, 0.15) is 0 Å². The van der Waals surface area contributed by atoms with Gasteiger partial charge in [0.25, 0.3) is 0 Å². The van der Waals surface area contributed by atoms with Crippen LogP contribution in [0.5, 0.6) is 0 Å². The number of hydrogen-bond donors (Lipinski definition) is 0. The molecule has 3 rings (SSSR count). The number of piperazine rings is 1. The van der Waals surface area contributed by atoms with Gasteiger partial charge in [0, 0.05) is 39.3 Å². The third-order valence-electron chi connectivity index (χ3n) is 5.18. The van der Waals surface area contributed by atoms with Crippen LogP contribution in [-0.4, -0.2) is 72.1 Å². The van der Waals surface area contributed by atoms with Crippen molar-refractivity contribution < 1.29 is 14.3 Å². The molecule has 1 saturated heterocycles. The first kappa shape index (κ1) is 17.7. The van der Waals surface area contributed by atoms with Crippen LogP contribution in [0.4, 0.5) is 4.79 Å². The summed E-state index contributed by atoms with van der Waals surface area (Å²) < 4.78 is 5.03. The number of amides is 2. The predicted octanol–water partition coefficient (Wildman–Crippen LogP) is 1.73. The lowest BCUT2D eigenvalue weighted by Crippen LogP contribution is -2.55. The molecule has 1 unspecified atom stereocenters. The summed E-state index contributed by atoms with van der Waals surface area (Å²) in [6, 6.07) is 8.32. The fourth-order valence-corrected chi connectivity index (χ4v) is 3.59.